The molecule has 1 N–H and O–H groups in total. The smallest absolute Gasteiger partial charge is 0.358 e. The van der Waals surface area contributed by atoms with Gasteiger partial charge in [0.25, 0.3) is 0 Å². The van der Waals surface area contributed by atoms with Crippen molar-refractivity contribution in [2.45, 2.75) is 23.7 Å². The Labute approximate surface area is 147 Å². The van der Waals surface area contributed by atoms with Gasteiger partial charge in [0.2, 0.25) is 11.5 Å². The second kappa shape index (κ2) is 6.20. The van der Waals surface area contributed by atoms with Crippen LogP contribution in [0.15, 0.2) is 21.6 Å². The van der Waals surface area contributed by atoms with Gasteiger partial charge in [0.1, 0.15) is 10.5 Å². The van der Waals surface area contributed by atoms with Crippen molar-refractivity contribution in [3.8, 4) is 5.75 Å². The predicted molar refractivity (Wildman–Crippen MR) is 84.9 cm³/mol. The Bertz CT molecular complexity index is 1020. The summed E-state index contributed by atoms with van der Waals surface area (Å²) >= 11 is 0. The number of aromatic carboxylic acids is 1. The summed E-state index contributed by atoms with van der Waals surface area (Å²) in [6.07, 6.45) is 2.19. The summed E-state index contributed by atoms with van der Waals surface area (Å²) in [4.78, 5) is 23.8. The monoisotopic (exact) mass is 383 g/mol. The average Bonchev–Trinajstić information content (AvgIpc) is 3.30. The minimum atomic E-state index is -4.07. The standard InChI is InChI=1S/C16H14FNO7S/c1-24-14-9(17)6-5-8(15(14)26(2,22)23)12(19)10-11(16(20)21)18-25-13(10)7-3-4-7/h5-7H,3-4H2,1-2H3,(H,20,21). The van der Waals surface area contributed by atoms with E-state index in [1.54, 1.807) is 0 Å². The zero-order valence-electron chi connectivity index (χ0n) is 13.8. The van der Waals surface area contributed by atoms with Crippen LogP contribution in [-0.2, 0) is 9.84 Å². The van der Waals surface area contributed by atoms with Gasteiger partial charge in [-0.1, -0.05) is 5.16 Å². The van der Waals surface area contributed by atoms with Gasteiger partial charge in [-0.25, -0.2) is 17.6 Å². The van der Waals surface area contributed by atoms with Gasteiger partial charge in [0, 0.05) is 17.7 Å². The molecule has 0 unspecified atom stereocenters. The van der Waals surface area contributed by atoms with Crippen LogP contribution in [0.25, 0.3) is 0 Å². The van der Waals surface area contributed by atoms with E-state index in [9.17, 15) is 27.5 Å². The maximum absolute atomic E-state index is 14.0. The molecule has 1 aliphatic rings. The highest BCUT2D eigenvalue weighted by molar-refractivity contribution is 7.90. The lowest BCUT2D eigenvalue weighted by Gasteiger charge is -2.12. The van der Waals surface area contributed by atoms with Crippen molar-refractivity contribution in [3.63, 3.8) is 0 Å². The molecule has 1 heterocycles. The van der Waals surface area contributed by atoms with Crippen LogP contribution in [0.4, 0.5) is 4.39 Å². The van der Waals surface area contributed by atoms with Crippen molar-refractivity contribution in [2.24, 2.45) is 0 Å². The van der Waals surface area contributed by atoms with Gasteiger partial charge in [-0.15, -0.1) is 0 Å². The fraction of sp³-hybridized carbons (Fsp3) is 0.312. The number of halogens is 1. The molecule has 10 heteroatoms. The van der Waals surface area contributed by atoms with Gasteiger partial charge in [-0.3, -0.25) is 4.79 Å². The number of methoxy groups -OCH3 is 1. The van der Waals surface area contributed by atoms with Gasteiger partial charge in [0.15, 0.2) is 27.2 Å². The molecule has 138 valence electrons. The van der Waals surface area contributed by atoms with Crippen LogP contribution < -0.4 is 4.74 Å². The first kappa shape index (κ1) is 18.1. The Balaban J connectivity index is 2.28. The van der Waals surface area contributed by atoms with Crippen LogP contribution in [0.3, 0.4) is 0 Å². The number of ketones is 1. The molecular weight excluding hydrogens is 369 g/mol. The molecule has 0 atom stereocenters. The van der Waals surface area contributed by atoms with Crippen LogP contribution in [-0.4, -0.2) is 43.8 Å². The molecule has 2 aromatic rings. The van der Waals surface area contributed by atoms with Crippen molar-refractivity contribution in [1.29, 1.82) is 0 Å². The largest absolute Gasteiger partial charge is 0.492 e. The van der Waals surface area contributed by atoms with Crippen molar-refractivity contribution in [1.82, 2.24) is 5.16 Å². The lowest BCUT2D eigenvalue weighted by molar-refractivity contribution is 0.0682. The zero-order valence-corrected chi connectivity index (χ0v) is 14.6. The number of carboxylic acid groups (broad SMARTS) is 1. The lowest BCUT2D eigenvalue weighted by Crippen LogP contribution is -2.15. The SMILES string of the molecule is COc1c(F)ccc(C(=O)c2c(C(=O)O)noc2C2CC2)c1S(C)(=O)=O. The Hall–Kier alpha value is -2.75. The third-order valence-corrected chi connectivity index (χ3v) is 5.13. The van der Waals surface area contributed by atoms with Crippen LogP contribution in [0, 0.1) is 5.82 Å². The van der Waals surface area contributed by atoms with Crippen molar-refractivity contribution < 1.29 is 36.8 Å². The number of ether oxygens (including phenoxy) is 1. The van der Waals surface area contributed by atoms with Crippen molar-refractivity contribution in [2.75, 3.05) is 13.4 Å². The Morgan fingerprint density at radius 1 is 1.35 bits per heavy atom. The number of sulfone groups is 1. The van der Waals surface area contributed by atoms with Crippen molar-refractivity contribution in [3.05, 3.63) is 40.5 Å². The zero-order chi connectivity index (χ0) is 19.2. The number of carboxylic acids is 1. The van der Waals surface area contributed by atoms with Gasteiger partial charge in [0.05, 0.1) is 7.11 Å². The van der Waals surface area contributed by atoms with E-state index >= 15 is 0 Å². The topological polar surface area (TPSA) is 124 Å². The summed E-state index contributed by atoms with van der Waals surface area (Å²) in [6, 6.07) is 1.86. The average molecular weight is 383 g/mol. The van der Waals surface area contributed by atoms with E-state index in [1.165, 1.54) is 0 Å². The highest BCUT2D eigenvalue weighted by Crippen LogP contribution is 2.43. The molecule has 1 aliphatic carbocycles. The van der Waals surface area contributed by atoms with Gasteiger partial charge >= 0.3 is 5.97 Å². The molecule has 0 aliphatic heterocycles. The number of nitrogens with zero attached hydrogens (tertiary/aromatic N) is 1. The first-order chi connectivity index (χ1) is 12.2. The minimum absolute atomic E-state index is 0.0927. The van der Waals surface area contributed by atoms with Crippen LogP contribution in [0.5, 0.6) is 5.75 Å². The summed E-state index contributed by atoms with van der Waals surface area (Å²) in [7, 11) is -3.00. The van der Waals surface area contributed by atoms with E-state index in [0.717, 1.165) is 25.5 Å². The summed E-state index contributed by atoms with van der Waals surface area (Å²) in [5, 5.41) is 12.7. The number of aromatic nitrogens is 1. The fourth-order valence-electron chi connectivity index (χ4n) is 2.70. The second-order valence-corrected chi connectivity index (χ2v) is 7.86. The number of hydrogen-bond acceptors (Lipinski definition) is 7. The first-order valence-corrected chi connectivity index (χ1v) is 9.40. The first-order valence-electron chi connectivity index (χ1n) is 7.51. The summed E-state index contributed by atoms with van der Waals surface area (Å²) < 4.78 is 48.1. The third kappa shape index (κ3) is 2.96. The summed E-state index contributed by atoms with van der Waals surface area (Å²) in [5.74, 6) is -4.05. The van der Waals surface area contributed by atoms with E-state index in [0.29, 0.717) is 12.8 Å². The number of benzene rings is 1. The lowest BCUT2D eigenvalue weighted by atomic mass is 9.99. The highest BCUT2D eigenvalue weighted by atomic mass is 32.2. The molecule has 3 rings (SSSR count). The second-order valence-electron chi connectivity index (χ2n) is 5.91. The highest BCUT2D eigenvalue weighted by Gasteiger charge is 2.39. The van der Waals surface area contributed by atoms with E-state index in [4.69, 9.17) is 9.26 Å². The predicted octanol–water partition coefficient (Wildman–Crippen LogP) is 2.03. The molecule has 0 bridgehead atoms. The van der Waals surface area contributed by atoms with E-state index in [2.05, 4.69) is 5.16 Å². The van der Waals surface area contributed by atoms with Gasteiger partial charge in [-0.2, -0.15) is 0 Å². The molecule has 1 fully saturated rings. The third-order valence-electron chi connectivity index (χ3n) is 3.98. The number of hydrogen-bond donors (Lipinski definition) is 1. The molecule has 1 saturated carbocycles. The molecular formula is C16H14FNO7S. The summed E-state index contributed by atoms with van der Waals surface area (Å²) in [5.41, 5.74) is -1.34. The molecule has 0 amide bonds. The Kier molecular flexibility index (Phi) is 4.31. The molecule has 1 aromatic heterocycles. The van der Waals surface area contributed by atoms with Crippen LogP contribution in [0.1, 0.15) is 50.9 Å². The molecule has 1 aromatic carbocycles. The molecule has 0 saturated heterocycles. The normalized spacial score (nSPS) is 14.3. The summed E-state index contributed by atoms with van der Waals surface area (Å²) in [6.45, 7) is 0. The van der Waals surface area contributed by atoms with Gasteiger partial charge < -0.3 is 14.4 Å². The molecule has 26 heavy (non-hydrogen) atoms. The number of carbonyl (C=O) groups excluding carboxylic acids is 1. The maximum atomic E-state index is 14.0. The van der Waals surface area contributed by atoms with E-state index in [-0.39, 0.29) is 17.2 Å². The number of carbonyl (C=O) groups is 2. The minimum Gasteiger partial charge on any atom is -0.492 e. The van der Waals surface area contributed by atoms with Crippen molar-refractivity contribution >= 4 is 21.6 Å². The maximum Gasteiger partial charge on any atom is 0.358 e. The number of rotatable bonds is 6. The Morgan fingerprint density at radius 3 is 2.50 bits per heavy atom. The van der Waals surface area contributed by atoms with Crippen LogP contribution in [0.2, 0.25) is 0 Å². The fourth-order valence-corrected chi connectivity index (χ4v) is 3.78. The van der Waals surface area contributed by atoms with E-state index < -0.39 is 49.3 Å². The van der Waals surface area contributed by atoms with Crippen LogP contribution >= 0.6 is 0 Å². The Morgan fingerprint density at radius 2 is 2.00 bits per heavy atom. The van der Waals surface area contributed by atoms with E-state index in [1.807, 2.05) is 0 Å². The van der Waals surface area contributed by atoms with Gasteiger partial charge in [-0.05, 0) is 25.0 Å². The molecule has 0 radical (unpaired) electrons. The molecule has 8 nitrogen and oxygen atoms in total. The molecule has 0 spiro atoms. The quantitative estimate of drug-likeness (QED) is 0.752.